The van der Waals surface area contributed by atoms with Gasteiger partial charge < -0.3 is 24.7 Å². The lowest BCUT2D eigenvalue weighted by Gasteiger charge is -2.39. The lowest BCUT2D eigenvalue weighted by Crippen LogP contribution is -2.45. The number of imidazole rings is 1. The predicted molar refractivity (Wildman–Crippen MR) is 118 cm³/mol. The van der Waals surface area contributed by atoms with E-state index in [0.29, 0.717) is 16.7 Å². The van der Waals surface area contributed by atoms with Gasteiger partial charge in [0.2, 0.25) is 0 Å². The molecule has 0 radical (unpaired) electrons. The average molecular weight is 450 g/mol. The molecule has 0 aromatic carbocycles. The number of nitrogens with two attached hydrogens (primary N) is 1. The summed E-state index contributed by atoms with van der Waals surface area (Å²) in [6.45, 7) is 12.3. The van der Waals surface area contributed by atoms with Gasteiger partial charge in [-0.15, -0.1) is 0 Å². The van der Waals surface area contributed by atoms with Gasteiger partial charge in [0.1, 0.15) is 24.1 Å². The molecule has 0 saturated carbocycles. The first-order chi connectivity index (χ1) is 14.5. The van der Waals surface area contributed by atoms with Gasteiger partial charge in [0, 0.05) is 6.08 Å². The minimum atomic E-state index is -2.30. The van der Waals surface area contributed by atoms with E-state index < -0.39 is 32.7 Å². The lowest BCUT2D eigenvalue weighted by atomic mass is 10.1. The number of carbonyl (C=O) groups is 1. The molecule has 10 nitrogen and oxygen atoms in total. The number of nitrogen functional groups attached to an aromatic ring is 1. The molecule has 1 fully saturated rings. The Bertz CT molecular complexity index is 984. The normalized spacial score (nSPS) is 23.6. The molecule has 3 rings (SSSR count). The number of esters is 1. The van der Waals surface area contributed by atoms with Gasteiger partial charge in [0.25, 0.3) is 0 Å². The topological polar surface area (TPSA) is 135 Å². The minimum Gasteiger partial charge on any atom is -0.463 e. The van der Waals surface area contributed by atoms with Gasteiger partial charge in [0.05, 0.1) is 19.5 Å². The van der Waals surface area contributed by atoms with Gasteiger partial charge in [-0.25, -0.2) is 19.7 Å². The van der Waals surface area contributed by atoms with Crippen LogP contribution in [0.3, 0.4) is 0 Å². The van der Waals surface area contributed by atoms with Crippen molar-refractivity contribution in [2.45, 2.75) is 64.3 Å². The molecule has 2 aromatic heterocycles. The number of anilines is 1. The third-order valence-electron chi connectivity index (χ3n) is 5.89. The van der Waals surface area contributed by atoms with Crippen molar-refractivity contribution in [3.63, 3.8) is 0 Å². The summed E-state index contributed by atoms with van der Waals surface area (Å²) in [6.07, 6.45) is 2.20. The maximum Gasteiger partial charge on any atom is 0.330 e. The molecule has 3 N–H and O–H groups in total. The summed E-state index contributed by atoms with van der Waals surface area (Å²) in [6, 6.07) is 0. The number of fused-ring (bicyclic) bond motifs is 1. The number of ether oxygens (including phenoxy) is 2. The number of hydrogen-bond donors (Lipinski definition) is 2. The highest BCUT2D eigenvalue weighted by Gasteiger charge is 2.48. The van der Waals surface area contributed by atoms with Crippen molar-refractivity contribution < 1.29 is 23.8 Å². The summed E-state index contributed by atoms with van der Waals surface area (Å²) < 4.78 is 19.7. The molecular weight excluding hydrogens is 418 g/mol. The van der Waals surface area contributed by atoms with Crippen molar-refractivity contribution in [3.8, 4) is 0 Å². The molecule has 2 aromatic rings. The van der Waals surface area contributed by atoms with E-state index in [9.17, 15) is 9.90 Å². The molecule has 1 aliphatic heterocycles. The highest BCUT2D eigenvalue weighted by atomic mass is 28.4. The van der Waals surface area contributed by atoms with E-state index in [0.717, 1.165) is 0 Å². The van der Waals surface area contributed by atoms with Crippen LogP contribution in [0.1, 0.15) is 33.9 Å². The Hall–Kier alpha value is -2.34. The molecule has 0 unspecified atom stereocenters. The van der Waals surface area contributed by atoms with Crippen molar-refractivity contribution in [2.75, 3.05) is 18.9 Å². The number of aromatic nitrogens is 4. The SMILES string of the molecule is CCOC(=O)/C=C1/[C@@H](O[Si](C)(C)C(C)(C)C)[C@H](n2cnc3c(N)ncnc32)O[C@@H]1CO. The van der Waals surface area contributed by atoms with E-state index in [-0.39, 0.29) is 24.1 Å². The summed E-state index contributed by atoms with van der Waals surface area (Å²) in [7, 11) is -2.30. The summed E-state index contributed by atoms with van der Waals surface area (Å²) in [5.74, 6) is -0.254. The van der Waals surface area contributed by atoms with Crippen LogP contribution in [0.15, 0.2) is 24.3 Å². The number of hydrogen-bond acceptors (Lipinski definition) is 9. The van der Waals surface area contributed by atoms with Gasteiger partial charge in [-0.2, -0.15) is 0 Å². The van der Waals surface area contributed by atoms with Crippen LogP contribution in [0.4, 0.5) is 5.82 Å². The van der Waals surface area contributed by atoms with Gasteiger partial charge in [-0.3, -0.25) is 4.57 Å². The van der Waals surface area contributed by atoms with Gasteiger partial charge in [0.15, 0.2) is 26.0 Å². The Morgan fingerprint density at radius 3 is 2.68 bits per heavy atom. The van der Waals surface area contributed by atoms with E-state index in [1.807, 2.05) is 0 Å². The van der Waals surface area contributed by atoms with Gasteiger partial charge in [-0.1, -0.05) is 20.8 Å². The molecule has 0 aliphatic carbocycles. The first kappa shape index (κ1) is 23.3. The lowest BCUT2D eigenvalue weighted by molar-refractivity contribution is -0.137. The Labute approximate surface area is 182 Å². The fourth-order valence-electron chi connectivity index (χ4n) is 3.20. The summed E-state index contributed by atoms with van der Waals surface area (Å²) in [5.41, 5.74) is 7.39. The molecular formula is C20H31N5O5Si. The van der Waals surface area contributed by atoms with Crippen molar-refractivity contribution >= 4 is 31.3 Å². The van der Waals surface area contributed by atoms with E-state index >= 15 is 0 Å². The van der Waals surface area contributed by atoms with E-state index in [4.69, 9.17) is 19.6 Å². The molecule has 31 heavy (non-hydrogen) atoms. The Morgan fingerprint density at radius 2 is 2.06 bits per heavy atom. The molecule has 1 aliphatic rings. The van der Waals surface area contributed by atoms with E-state index in [1.54, 1.807) is 17.8 Å². The molecule has 0 spiro atoms. The van der Waals surface area contributed by atoms with Gasteiger partial charge >= 0.3 is 5.97 Å². The van der Waals surface area contributed by atoms with Crippen LogP contribution >= 0.6 is 0 Å². The van der Waals surface area contributed by atoms with Crippen LogP contribution in [0.5, 0.6) is 0 Å². The first-order valence-electron chi connectivity index (χ1n) is 10.3. The number of rotatable bonds is 6. The summed E-state index contributed by atoms with van der Waals surface area (Å²) in [4.78, 5) is 24.9. The standard InChI is InChI=1S/C20H31N5O5Si/c1-7-28-14(27)8-12-13(9-26)29-19(16(12)30-31(5,6)20(2,3)4)25-11-24-15-17(21)22-10-23-18(15)25/h8,10-11,13,16,19,26H,7,9H2,1-6H3,(H2,21,22,23)/b12-8+/t13-,16-,19-/m1/s1. The molecule has 0 amide bonds. The molecule has 170 valence electrons. The Morgan fingerprint density at radius 1 is 1.35 bits per heavy atom. The van der Waals surface area contributed by atoms with Gasteiger partial charge in [-0.05, 0) is 30.6 Å². The largest absolute Gasteiger partial charge is 0.463 e. The zero-order valence-corrected chi connectivity index (χ0v) is 19.8. The number of nitrogens with zero attached hydrogens (tertiary/aromatic N) is 4. The molecule has 0 bridgehead atoms. The predicted octanol–water partition coefficient (Wildman–Crippen LogP) is 2.18. The maximum absolute atomic E-state index is 12.3. The van der Waals surface area contributed by atoms with Crippen LogP contribution in [0, 0.1) is 0 Å². The van der Waals surface area contributed by atoms with Crippen molar-refractivity contribution in [1.29, 1.82) is 0 Å². The molecule has 3 atom stereocenters. The van der Waals surface area contributed by atoms with E-state index in [2.05, 4.69) is 48.8 Å². The molecule has 3 heterocycles. The second-order valence-corrected chi connectivity index (χ2v) is 13.7. The third-order valence-corrected chi connectivity index (χ3v) is 10.3. The minimum absolute atomic E-state index is 0.0898. The van der Waals surface area contributed by atoms with Crippen LogP contribution < -0.4 is 5.73 Å². The zero-order valence-electron chi connectivity index (χ0n) is 18.8. The average Bonchev–Trinajstić information content (AvgIpc) is 3.23. The van der Waals surface area contributed by atoms with Crippen LogP contribution in [-0.2, 0) is 18.7 Å². The van der Waals surface area contributed by atoms with Crippen molar-refractivity contribution in [2.24, 2.45) is 0 Å². The summed E-state index contributed by atoms with van der Waals surface area (Å²) >= 11 is 0. The van der Waals surface area contributed by atoms with Crippen molar-refractivity contribution in [3.05, 3.63) is 24.3 Å². The maximum atomic E-state index is 12.3. The fraction of sp³-hybridized carbons (Fsp3) is 0.600. The first-order valence-corrected chi connectivity index (χ1v) is 13.2. The smallest absolute Gasteiger partial charge is 0.330 e. The Balaban J connectivity index is 2.11. The van der Waals surface area contributed by atoms with E-state index in [1.165, 1.54) is 12.4 Å². The quantitative estimate of drug-likeness (QED) is 0.386. The fourth-order valence-corrected chi connectivity index (χ4v) is 4.44. The molecule has 1 saturated heterocycles. The summed E-state index contributed by atoms with van der Waals surface area (Å²) in [5, 5.41) is 9.91. The second-order valence-electron chi connectivity index (χ2n) is 8.98. The number of aliphatic hydroxyl groups excluding tert-OH is 1. The zero-order chi connectivity index (χ0) is 23.0. The molecule has 11 heteroatoms. The van der Waals surface area contributed by atoms with Crippen molar-refractivity contribution in [1.82, 2.24) is 19.5 Å². The second kappa shape index (κ2) is 8.65. The Kier molecular flexibility index (Phi) is 6.51. The highest BCUT2D eigenvalue weighted by molar-refractivity contribution is 6.74. The number of carbonyl (C=O) groups excluding carboxylic acids is 1. The van der Waals surface area contributed by atoms with Crippen LogP contribution in [-0.4, -0.2) is 64.3 Å². The third kappa shape index (κ3) is 4.49. The monoisotopic (exact) mass is 449 g/mol. The van der Waals surface area contributed by atoms with Crippen LogP contribution in [0.2, 0.25) is 18.1 Å². The highest BCUT2D eigenvalue weighted by Crippen LogP contribution is 2.44. The number of aliphatic hydroxyl groups is 1. The van der Waals surface area contributed by atoms with Crippen LogP contribution in [0.25, 0.3) is 11.2 Å².